The van der Waals surface area contributed by atoms with E-state index in [0.717, 1.165) is 39.5 Å². The van der Waals surface area contributed by atoms with Gasteiger partial charge in [-0.2, -0.15) is 0 Å². The SMILES string of the molecule is CC(=Cc1ccc2cc(N(c3cc(C)cc(C)c3)c3ccc4ccccc4c3)ccc2c1)OCc1ccccc1CO. The Morgan fingerprint density at radius 3 is 1.90 bits per heavy atom. The third-order valence-corrected chi connectivity index (χ3v) is 7.68. The van der Waals surface area contributed by atoms with Crippen molar-refractivity contribution in [2.45, 2.75) is 34.0 Å². The van der Waals surface area contributed by atoms with Crippen LogP contribution in [0.5, 0.6) is 0 Å². The largest absolute Gasteiger partial charge is 0.494 e. The Bertz CT molecular complexity index is 1900. The first-order valence-corrected chi connectivity index (χ1v) is 14.4. The molecule has 3 nitrogen and oxygen atoms in total. The number of nitrogens with zero attached hydrogens (tertiary/aromatic N) is 1. The summed E-state index contributed by atoms with van der Waals surface area (Å²) in [6.07, 6.45) is 2.06. The summed E-state index contributed by atoms with van der Waals surface area (Å²) in [5, 5.41) is 14.4. The van der Waals surface area contributed by atoms with Crippen LogP contribution < -0.4 is 4.90 Å². The van der Waals surface area contributed by atoms with Crippen molar-refractivity contribution in [1.82, 2.24) is 0 Å². The number of aryl methyl sites for hydroxylation is 2. The van der Waals surface area contributed by atoms with E-state index in [1.807, 2.05) is 31.2 Å². The first-order valence-electron chi connectivity index (χ1n) is 14.4. The van der Waals surface area contributed by atoms with E-state index in [1.165, 1.54) is 32.7 Å². The van der Waals surface area contributed by atoms with Crippen LogP contribution in [0.2, 0.25) is 0 Å². The highest BCUT2D eigenvalue weighted by molar-refractivity contribution is 5.93. The number of hydrogen-bond acceptors (Lipinski definition) is 3. The maximum atomic E-state index is 9.60. The Labute approximate surface area is 247 Å². The van der Waals surface area contributed by atoms with E-state index in [1.54, 1.807) is 0 Å². The first kappa shape index (κ1) is 27.3. The molecule has 0 saturated heterocycles. The van der Waals surface area contributed by atoms with Gasteiger partial charge in [-0.1, -0.05) is 78.9 Å². The molecule has 0 aliphatic rings. The number of fused-ring (bicyclic) bond motifs is 2. The molecule has 0 heterocycles. The number of aliphatic hydroxyl groups excluding tert-OH is 1. The van der Waals surface area contributed by atoms with Gasteiger partial charge in [0.05, 0.1) is 12.4 Å². The Morgan fingerprint density at radius 2 is 1.19 bits per heavy atom. The van der Waals surface area contributed by atoms with E-state index in [4.69, 9.17) is 4.74 Å². The van der Waals surface area contributed by atoms with Crippen LogP contribution in [0.25, 0.3) is 27.6 Å². The van der Waals surface area contributed by atoms with E-state index in [2.05, 4.69) is 122 Å². The highest BCUT2D eigenvalue weighted by Crippen LogP contribution is 2.38. The number of benzene rings is 6. The van der Waals surface area contributed by atoms with Crippen molar-refractivity contribution in [2.75, 3.05) is 4.90 Å². The number of hydrogen-bond donors (Lipinski definition) is 1. The molecule has 0 atom stereocenters. The molecule has 0 radical (unpaired) electrons. The lowest BCUT2D eigenvalue weighted by molar-refractivity contribution is 0.199. The monoisotopic (exact) mass is 549 g/mol. The van der Waals surface area contributed by atoms with Gasteiger partial charge in [0.15, 0.2) is 0 Å². The summed E-state index contributed by atoms with van der Waals surface area (Å²) in [4.78, 5) is 2.35. The molecule has 208 valence electrons. The molecular formula is C39H35NO2. The molecule has 0 amide bonds. The molecule has 0 aromatic heterocycles. The second kappa shape index (κ2) is 11.9. The predicted molar refractivity (Wildman–Crippen MR) is 176 cm³/mol. The van der Waals surface area contributed by atoms with E-state index >= 15 is 0 Å². The molecule has 0 unspecified atom stereocenters. The van der Waals surface area contributed by atoms with Crippen molar-refractivity contribution in [1.29, 1.82) is 0 Å². The van der Waals surface area contributed by atoms with Crippen molar-refractivity contribution in [3.05, 3.63) is 155 Å². The van der Waals surface area contributed by atoms with Crippen molar-refractivity contribution in [3.63, 3.8) is 0 Å². The minimum atomic E-state index is 0.0107. The lowest BCUT2D eigenvalue weighted by Gasteiger charge is -2.27. The van der Waals surface area contributed by atoms with Gasteiger partial charge in [0.1, 0.15) is 6.61 Å². The molecule has 3 heteroatoms. The Morgan fingerprint density at radius 1 is 0.619 bits per heavy atom. The van der Waals surface area contributed by atoms with Gasteiger partial charge in [0.2, 0.25) is 0 Å². The highest BCUT2D eigenvalue weighted by Gasteiger charge is 2.15. The zero-order chi connectivity index (χ0) is 29.1. The third-order valence-electron chi connectivity index (χ3n) is 7.68. The average Bonchev–Trinajstić information content (AvgIpc) is 3.00. The summed E-state index contributed by atoms with van der Waals surface area (Å²) >= 11 is 0. The fourth-order valence-electron chi connectivity index (χ4n) is 5.64. The molecule has 0 bridgehead atoms. The topological polar surface area (TPSA) is 32.7 Å². The van der Waals surface area contributed by atoms with Crippen molar-refractivity contribution < 1.29 is 9.84 Å². The lowest BCUT2D eigenvalue weighted by atomic mass is 10.0. The van der Waals surface area contributed by atoms with Crippen LogP contribution in [0, 0.1) is 13.8 Å². The van der Waals surface area contributed by atoms with Crippen LogP contribution in [0.1, 0.15) is 34.7 Å². The van der Waals surface area contributed by atoms with Crippen molar-refractivity contribution >= 4 is 44.7 Å². The van der Waals surface area contributed by atoms with Crippen molar-refractivity contribution in [3.8, 4) is 0 Å². The quantitative estimate of drug-likeness (QED) is 0.192. The molecule has 0 aliphatic carbocycles. The number of allylic oxidation sites excluding steroid dienone is 1. The number of anilines is 3. The highest BCUT2D eigenvalue weighted by atomic mass is 16.5. The van der Waals surface area contributed by atoms with Gasteiger partial charge in [-0.25, -0.2) is 0 Å². The van der Waals surface area contributed by atoms with Crippen molar-refractivity contribution in [2.24, 2.45) is 0 Å². The van der Waals surface area contributed by atoms with Crippen LogP contribution in [0.4, 0.5) is 17.1 Å². The molecule has 0 spiro atoms. The third kappa shape index (κ3) is 5.93. The first-order chi connectivity index (χ1) is 20.5. The normalized spacial score (nSPS) is 11.7. The van der Waals surface area contributed by atoms with Crippen LogP contribution in [-0.2, 0) is 18.0 Å². The molecular weight excluding hydrogens is 514 g/mol. The van der Waals surface area contributed by atoms with E-state index < -0.39 is 0 Å². The Kier molecular flexibility index (Phi) is 7.76. The second-order valence-electron chi connectivity index (χ2n) is 11.0. The van der Waals surface area contributed by atoms with Crippen LogP contribution in [0.3, 0.4) is 0 Å². The molecule has 6 rings (SSSR count). The summed E-state index contributed by atoms with van der Waals surface area (Å²) in [6, 6.07) is 42.9. The van der Waals surface area contributed by atoms with E-state index in [0.29, 0.717) is 6.61 Å². The Balaban J connectivity index is 1.33. The molecule has 6 aromatic carbocycles. The summed E-state index contributed by atoms with van der Waals surface area (Å²) in [6.45, 7) is 6.72. The zero-order valence-corrected chi connectivity index (χ0v) is 24.3. The Hall–Kier alpha value is -4.86. The molecule has 42 heavy (non-hydrogen) atoms. The van der Waals surface area contributed by atoms with E-state index in [9.17, 15) is 5.11 Å². The van der Waals surface area contributed by atoms with E-state index in [-0.39, 0.29) is 6.61 Å². The second-order valence-corrected chi connectivity index (χ2v) is 11.0. The van der Waals surface area contributed by atoms with Crippen LogP contribution >= 0.6 is 0 Å². The summed E-state index contributed by atoms with van der Waals surface area (Å²) in [5.74, 6) is 0.830. The van der Waals surface area contributed by atoms with Gasteiger partial charge >= 0.3 is 0 Å². The van der Waals surface area contributed by atoms with Gasteiger partial charge in [0, 0.05) is 17.1 Å². The molecule has 6 aromatic rings. The number of ether oxygens (including phenoxy) is 1. The van der Waals surface area contributed by atoms with Gasteiger partial charge in [0.25, 0.3) is 0 Å². The van der Waals surface area contributed by atoms with Gasteiger partial charge < -0.3 is 14.7 Å². The lowest BCUT2D eigenvalue weighted by Crippen LogP contribution is -2.10. The summed E-state index contributed by atoms with van der Waals surface area (Å²) in [7, 11) is 0. The zero-order valence-electron chi connectivity index (χ0n) is 24.3. The minimum absolute atomic E-state index is 0.0107. The summed E-state index contributed by atoms with van der Waals surface area (Å²) in [5.41, 5.74) is 8.86. The molecule has 1 N–H and O–H groups in total. The average molecular weight is 550 g/mol. The smallest absolute Gasteiger partial charge is 0.113 e. The number of rotatable bonds is 8. The molecule has 0 saturated carbocycles. The maximum Gasteiger partial charge on any atom is 0.113 e. The van der Waals surface area contributed by atoms with Crippen LogP contribution in [-0.4, -0.2) is 5.11 Å². The van der Waals surface area contributed by atoms with Crippen LogP contribution in [0.15, 0.2) is 127 Å². The fraction of sp³-hybridized carbons (Fsp3) is 0.128. The molecule has 0 fully saturated rings. The predicted octanol–water partition coefficient (Wildman–Crippen LogP) is 10.1. The summed E-state index contributed by atoms with van der Waals surface area (Å²) < 4.78 is 6.03. The van der Waals surface area contributed by atoms with Gasteiger partial charge in [-0.05, 0) is 119 Å². The molecule has 0 aliphatic heterocycles. The minimum Gasteiger partial charge on any atom is -0.494 e. The fourth-order valence-corrected chi connectivity index (χ4v) is 5.64. The van der Waals surface area contributed by atoms with Gasteiger partial charge in [-0.15, -0.1) is 0 Å². The standard InChI is InChI=1S/C39H35NO2/c1-27-18-28(2)20-39(19-27)40(37-16-14-31-8-4-5-9-32(31)23-37)38-17-15-33-22-30(12-13-34(33)24-38)21-29(3)42-26-36-11-7-6-10-35(36)25-41/h4-24,41H,25-26H2,1-3H3. The van der Waals surface area contributed by atoms with Gasteiger partial charge in [-0.3, -0.25) is 0 Å². The maximum absolute atomic E-state index is 9.60. The number of aliphatic hydroxyl groups is 1.